The highest BCUT2D eigenvalue weighted by atomic mass is 16.5. The summed E-state index contributed by atoms with van der Waals surface area (Å²) in [6, 6.07) is 11.6. The number of aromatic hydroxyl groups is 1. The maximum absolute atomic E-state index is 9.64. The zero-order valence-electron chi connectivity index (χ0n) is 11.1. The highest BCUT2D eigenvalue weighted by molar-refractivity contribution is 5.96. The van der Waals surface area contributed by atoms with Crippen molar-refractivity contribution in [2.24, 2.45) is 0 Å². The normalized spacial score (nSPS) is 10.7. The number of methoxy groups -OCH3 is 2. The van der Waals surface area contributed by atoms with Crippen LogP contribution in [0.15, 0.2) is 41.0 Å². The first-order valence-electron chi connectivity index (χ1n) is 6.07. The number of rotatable bonds is 3. The number of phenolic OH excluding ortho intramolecular Hbond substituents is 1. The molecular weight excluding hydrogens is 256 g/mol. The van der Waals surface area contributed by atoms with Gasteiger partial charge in [0.05, 0.1) is 20.5 Å². The fourth-order valence-electron chi connectivity index (χ4n) is 2.18. The van der Waals surface area contributed by atoms with Crippen molar-refractivity contribution in [2.45, 2.75) is 0 Å². The third kappa shape index (κ3) is 1.95. The molecule has 0 aliphatic heterocycles. The van der Waals surface area contributed by atoms with Crippen molar-refractivity contribution in [3.8, 4) is 28.4 Å². The summed E-state index contributed by atoms with van der Waals surface area (Å²) < 4.78 is 16.1. The van der Waals surface area contributed by atoms with Gasteiger partial charge in [-0.3, -0.25) is 0 Å². The topological polar surface area (TPSA) is 51.8 Å². The van der Waals surface area contributed by atoms with Crippen LogP contribution in [0.25, 0.3) is 22.1 Å². The second-order valence-corrected chi connectivity index (χ2v) is 4.32. The molecule has 0 aliphatic rings. The molecule has 0 saturated heterocycles. The Morgan fingerprint density at radius 1 is 1.10 bits per heavy atom. The van der Waals surface area contributed by atoms with Crippen LogP contribution in [0.1, 0.15) is 0 Å². The van der Waals surface area contributed by atoms with E-state index in [1.807, 2.05) is 6.07 Å². The van der Waals surface area contributed by atoms with Crippen molar-refractivity contribution in [3.05, 3.63) is 42.7 Å². The number of fused-ring (bicyclic) bond motifs is 1. The number of furan rings is 1. The third-order valence-corrected chi connectivity index (χ3v) is 3.16. The lowest BCUT2D eigenvalue weighted by Crippen LogP contribution is -1.90. The van der Waals surface area contributed by atoms with Crippen LogP contribution in [-0.4, -0.2) is 19.3 Å². The summed E-state index contributed by atoms with van der Waals surface area (Å²) in [4.78, 5) is 0. The fraction of sp³-hybridized carbons (Fsp3) is 0.125. The van der Waals surface area contributed by atoms with Crippen molar-refractivity contribution in [1.82, 2.24) is 0 Å². The highest BCUT2D eigenvalue weighted by Gasteiger charge is 2.14. The summed E-state index contributed by atoms with van der Waals surface area (Å²) in [5.74, 6) is 1.46. The summed E-state index contributed by atoms with van der Waals surface area (Å²) in [5.41, 5.74) is 2.32. The Morgan fingerprint density at radius 2 is 1.95 bits per heavy atom. The molecule has 1 radical (unpaired) electrons. The minimum Gasteiger partial charge on any atom is -0.508 e. The van der Waals surface area contributed by atoms with E-state index in [4.69, 9.17) is 13.9 Å². The molecule has 0 atom stereocenters. The van der Waals surface area contributed by atoms with E-state index in [1.54, 1.807) is 44.7 Å². The molecule has 3 rings (SSSR count). The summed E-state index contributed by atoms with van der Waals surface area (Å²) in [6.45, 7) is 0. The molecule has 1 heterocycles. The Kier molecular flexibility index (Phi) is 2.99. The van der Waals surface area contributed by atoms with E-state index in [1.165, 1.54) is 0 Å². The molecule has 0 fully saturated rings. The molecule has 20 heavy (non-hydrogen) atoms. The van der Waals surface area contributed by atoms with Gasteiger partial charge >= 0.3 is 0 Å². The highest BCUT2D eigenvalue weighted by Crippen LogP contribution is 2.39. The lowest BCUT2D eigenvalue weighted by atomic mass is 10.0. The van der Waals surface area contributed by atoms with Gasteiger partial charge in [0.1, 0.15) is 22.8 Å². The number of phenols is 1. The lowest BCUT2D eigenvalue weighted by Gasteiger charge is -2.09. The third-order valence-electron chi connectivity index (χ3n) is 3.16. The van der Waals surface area contributed by atoms with Gasteiger partial charge in [-0.15, -0.1) is 0 Å². The SMILES string of the molecule is COc1c[c]c(OC)c(-c2coc3ccc(O)cc23)c1. The molecule has 0 saturated carbocycles. The van der Waals surface area contributed by atoms with Crippen molar-refractivity contribution in [2.75, 3.05) is 14.2 Å². The summed E-state index contributed by atoms with van der Waals surface area (Å²) in [6.07, 6.45) is 1.63. The minimum absolute atomic E-state index is 0.186. The molecule has 0 bridgehead atoms. The van der Waals surface area contributed by atoms with Gasteiger partial charge in [0.25, 0.3) is 0 Å². The van der Waals surface area contributed by atoms with Crippen molar-refractivity contribution >= 4 is 11.0 Å². The number of hydrogen-bond donors (Lipinski definition) is 1. The van der Waals surface area contributed by atoms with Crippen LogP contribution in [0, 0.1) is 6.07 Å². The van der Waals surface area contributed by atoms with Crippen LogP contribution in [0.3, 0.4) is 0 Å². The zero-order chi connectivity index (χ0) is 14.1. The smallest absolute Gasteiger partial charge is 0.135 e. The molecule has 1 N–H and O–H groups in total. The first-order chi connectivity index (χ1) is 9.72. The van der Waals surface area contributed by atoms with Gasteiger partial charge in [-0.05, 0) is 30.3 Å². The van der Waals surface area contributed by atoms with Gasteiger partial charge in [-0.2, -0.15) is 0 Å². The molecule has 0 amide bonds. The van der Waals surface area contributed by atoms with E-state index >= 15 is 0 Å². The van der Waals surface area contributed by atoms with Crippen LogP contribution < -0.4 is 9.47 Å². The first-order valence-corrected chi connectivity index (χ1v) is 6.07. The lowest BCUT2D eigenvalue weighted by molar-refractivity contribution is 0.403. The molecule has 4 nitrogen and oxygen atoms in total. The molecule has 101 valence electrons. The minimum atomic E-state index is 0.186. The second kappa shape index (κ2) is 4.81. The van der Waals surface area contributed by atoms with E-state index in [2.05, 4.69) is 6.07 Å². The van der Waals surface area contributed by atoms with Gasteiger partial charge < -0.3 is 19.0 Å². The molecule has 4 heteroatoms. The Hall–Kier alpha value is -2.62. The second-order valence-electron chi connectivity index (χ2n) is 4.32. The van der Waals surface area contributed by atoms with Crippen LogP contribution in [-0.2, 0) is 0 Å². The van der Waals surface area contributed by atoms with Crippen molar-refractivity contribution < 1.29 is 19.0 Å². The van der Waals surface area contributed by atoms with Crippen molar-refractivity contribution in [1.29, 1.82) is 0 Å². The average molecular weight is 269 g/mol. The van der Waals surface area contributed by atoms with Gasteiger partial charge in [0, 0.05) is 22.6 Å². The van der Waals surface area contributed by atoms with Crippen LogP contribution in [0.4, 0.5) is 0 Å². The van der Waals surface area contributed by atoms with Crippen LogP contribution >= 0.6 is 0 Å². The Morgan fingerprint density at radius 3 is 2.70 bits per heavy atom. The number of benzene rings is 2. The van der Waals surface area contributed by atoms with Crippen LogP contribution in [0.2, 0.25) is 0 Å². The predicted octanol–water partition coefficient (Wildman–Crippen LogP) is 3.62. The molecular formula is C16H13O4. The average Bonchev–Trinajstić information content (AvgIpc) is 2.89. The molecule has 0 aliphatic carbocycles. The number of hydrogen-bond acceptors (Lipinski definition) is 4. The standard InChI is InChI=1S/C16H13O4/c1-18-11-4-6-15(19-2)13(8-11)14-9-20-16-5-3-10(17)7-12(14)16/h3-5,7-9,17H,1-2H3. The Balaban J connectivity index is 2.26. The molecule has 0 unspecified atom stereocenters. The molecule has 0 spiro atoms. The van der Waals surface area contributed by atoms with Crippen LogP contribution in [0.5, 0.6) is 17.2 Å². The van der Waals surface area contributed by atoms with Crippen molar-refractivity contribution in [3.63, 3.8) is 0 Å². The van der Waals surface area contributed by atoms with Gasteiger partial charge in [-0.1, -0.05) is 0 Å². The van der Waals surface area contributed by atoms with E-state index < -0.39 is 0 Å². The largest absolute Gasteiger partial charge is 0.508 e. The number of ether oxygens (including phenoxy) is 2. The Bertz CT molecular complexity index is 758. The monoisotopic (exact) mass is 269 g/mol. The summed E-state index contributed by atoms with van der Waals surface area (Å²) in [7, 11) is 3.18. The summed E-state index contributed by atoms with van der Waals surface area (Å²) >= 11 is 0. The van der Waals surface area contributed by atoms with E-state index in [0.717, 1.165) is 16.5 Å². The van der Waals surface area contributed by atoms with Gasteiger partial charge in [0.15, 0.2) is 0 Å². The Labute approximate surface area is 116 Å². The quantitative estimate of drug-likeness (QED) is 0.789. The maximum Gasteiger partial charge on any atom is 0.135 e. The zero-order valence-corrected chi connectivity index (χ0v) is 11.1. The molecule has 3 aromatic rings. The predicted molar refractivity (Wildman–Crippen MR) is 75.3 cm³/mol. The van der Waals surface area contributed by atoms with E-state index in [9.17, 15) is 5.11 Å². The van der Waals surface area contributed by atoms with Gasteiger partial charge in [0.2, 0.25) is 0 Å². The molecule has 2 aromatic carbocycles. The molecule has 1 aromatic heterocycles. The maximum atomic E-state index is 9.64. The first kappa shape index (κ1) is 12.4. The fourth-order valence-corrected chi connectivity index (χ4v) is 2.18. The summed E-state index contributed by atoms with van der Waals surface area (Å²) in [5, 5.41) is 10.5. The van der Waals surface area contributed by atoms with Gasteiger partial charge in [-0.25, -0.2) is 0 Å². The van der Waals surface area contributed by atoms with E-state index in [0.29, 0.717) is 17.1 Å². The van der Waals surface area contributed by atoms with E-state index in [-0.39, 0.29) is 5.75 Å².